The topological polar surface area (TPSA) is 51.4 Å². The van der Waals surface area contributed by atoms with Crippen LogP contribution >= 0.6 is 11.3 Å². The summed E-state index contributed by atoms with van der Waals surface area (Å²) in [5.41, 5.74) is 6.92. The van der Waals surface area contributed by atoms with Gasteiger partial charge in [-0.2, -0.15) is 0 Å². The molecule has 0 spiro atoms. The van der Waals surface area contributed by atoms with Gasteiger partial charge in [0.2, 0.25) is 0 Å². The summed E-state index contributed by atoms with van der Waals surface area (Å²) in [4.78, 5) is 8.05. The van der Waals surface area contributed by atoms with Crippen molar-refractivity contribution in [1.82, 2.24) is 4.98 Å². The number of nitrogens with zero attached hydrogens (tertiary/aromatic N) is 2. The van der Waals surface area contributed by atoms with Crippen LogP contribution in [0.4, 0.5) is 5.13 Å². The van der Waals surface area contributed by atoms with Crippen molar-refractivity contribution in [2.45, 2.75) is 39.3 Å². The quantitative estimate of drug-likeness (QED) is 0.812. The summed E-state index contributed by atoms with van der Waals surface area (Å²) in [6.07, 6.45) is 2.11. The van der Waals surface area contributed by atoms with Gasteiger partial charge in [-0.3, -0.25) is 0 Å². The largest absolute Gasteiger partial charge is 0.383 e. The van der Waals surface area contributed by atoms with Crippen LogP contribution in [0.2, 0.25) is 0 Å². The highest BCUT2D eigenvalue weighted by Gasteiger charge is 2.16. The molecule has 98 valence electrons. The standard InChI is InChI=1S/C12H23N3OS/c1-5-6-10-11(7-13)17-12(14-10)15(3)9(2)8-16-4/h9H,5-8,13H2,1-4H3. The molecule has 1 aromatic rings. The van der Waals surface area contributed by atoms with Crippen molar-refractivity contribution in [2.75, 3.05) is 25.7 Å². The number of anilines is 1. The maximum Gasteiger partial charge on any atom is 0.185 e. The second-order valence-corrected chi connectivity index (χ2v) is 5.30. The van der Waals surface area contributed by atoms with Gasteiger partial charge in [-0.1, -0.05) is 13.3 Å². The van der Waals surface area contributed by atoms with E-state index in [1.807, 2.05) is 0 Å². The van der Waals surface area contributed by atoms with Crippen LogP contribution in [0.25, 0.3) is 0 Å². The first-order chi connectivity index (χ1) is 8.13. The Bertz CT molecular complexity index is 340. The first kappa shape index (κ1) is 14.4. The van der Waals surface area contributed by atoms with Crippen molar-refractivity contribution < 1.29 is 4.74 Å². The molecule has 1 aromatic heterocycles. The van der Waals surface area contributed by atoms with Crippen LogP contribution in [0.15, 0.2) is 0 Å². The number of aromatic nitrogens is 1. The van der Waals surface area contributed by atoms with E-state index in [9.17, 15) is 0 Å². The molecule has 1 heterocycles. The molecule has 0 fully saturated rings. The summed E-state index contributed by atoms with van der Waals surface area (Å²) in [6.45, 7) is 5.58. The van der Waals surface area contributed by atoms with E-state index in [1.54, 1.807) is 18.4 Å². The number of rotatable bonds is 7. The molecule has 17 heavy (non-hydrogen) atoms. The van der Waals surface area contributed by atoms with Crippen molar-refractivity contribution in [3.63, 3.8) is 0 Å². The SMILES string of the molecule is CCCc1nc(N(C)C(C)COC)sc1CN. The number of hydrogen-bond donors (Lipinski definition) is 1. The molecule has 0 saturated heterocycles. The van der Waals surface area contributed by atoms with Gasteiger partial charge < -0.3 is 15.4 Å². The Kier molecular flexibility index (Phi) is 5.88. The molecule has 0 aliphatic carbocycles. The number of aryl methyl sites for hydroxylation is 1. The van der Waals surface area contributed by atoms with Crippen molar-refractivity contribution in [3.8, 4) is 0 Å². The Morgan fingerprint density at radius 1 is 1.53 bits per heavy atom. The van der Waals surface area contributed by atoms with Gasteiger partial charge >= 0.3 is 0 Å². The fourth-order valence-electron chi connectivity index (χ4n) is 1.65. The van der Waals surface area contributed by atoms with E-state index in [-0.39, 0.29) is 0 Å². The molecular weight excluding hydrogens is 234 g/mol. The predicted molar refractivity (Wildman–Crippen MR) is 73.7 cm³/mol. The van der Waals surface area contributed by atoms with Gasteiger partial charge in [-0.15, -0.1) is 11.3 Å². The lowest BCUT2D eigenvalue weighted by atomic mass is 10.2. The first-order valence-electron chi connectivity index (χ1n) is 6.04. The second-order valence-electron chi connectivity index (χ2n) is 4.24. The van der Waals surface area contributed by atoms with Gasteiger partial charge in [0.25, 0.3) is 0 Å². The van der Waals surface area contributed by atoms with Gasteiger partial charge in [0.15, 0.2) is 5.13 Å². The smallest absolute Gasteiger partial charge is 0.185 e. The Labute approximate surface area is 108 Å². The van der Waals surface area contributed by atoms with Crippen LogP contribution in [0.3, 0.4) is 0 Å². The zero-order chi connectivity index (χ0) is 12.8. The van der Waals surface area contributed by atoms with E-state index in [0.29, 0.717) is 19.2 Å². The number of hydrogen-bond acceptors (Lipinski definition) is 5. The molecule has 1 atom stereocenters. The zero-order valence-electron chi connectivity index (χ0n) is 11.2. The van der Waals surface area contributed by atoms with E-state index < -0.39 is 0 Å². The summed E-state index contributed by atoms with van der Waals surface area (Å²) < 4.78 is 5.17. The van der Waals surface area contributed by atoms with Crippen molar-refractivity contribution in [1.29, 1.82) is 0 Å². The van der Waals surface area contributed by atoms with E-state index >= 15 is 0 Å². The van der Waals surface area contributed by atoms with E-state index in [4.69, 9.17) is 10.5 Å². The van der Waals surface area contributed by atoms with Gasteiger partial charge in [0.05, 0.1) is 18.3 Å². The van der Waals surface area contributed by atoms with Crippen LogP contribution in [0.1, 0.15) is 30.8 Å². The van der Waals surface area contributed by atoms with E-state index in [0.717, 1.165) is 23.7 Å². The van der Waals surface area contributed by atoms with Crippen molar-refractivity contribution in [2.24, 2.45) is 5.73 Å². The summed E-state index contributed by atoms with van der Waals surface area (Å²) in [7, 11) is 3.78. The Balaban J connectivity index is 2.83. The lowest BCUT2D eigenvalue weighted by Crippen LogP contribution is -2.32. The molecule has 4 nitrogen and oxygen atoms in total. The van der Waals surface area contributed by atoms with Gasteiger partial charge in [0.1, 0.15) is 0 Å². The summed E-state index contributed by atoms with van der Waals surface area (Å²) in [5.74, 6) is 0. The lowest BCUT2D eigenvalue weighted by molar-refractivity contribution is 0.183. The Hall–Kier alpha value is -0.650. The van der Waals surface area contributed by atoms with Crippen LogP contribution in [-0.2, 0) is 17.7 Å². The van der Waals surface area contributed by atoms with Gasteiger partial charge in [-0.25, -0.2) is 4.98 Å². The maximum atomic E-state index is 5.76. The molecule has 1 rings (SSSR count). The molecule has 5 heteroatoms. The Morgan fingerprint density at radius 3 is 2.76 bits per heavy atom. The van der Waals surface area contributed by atoms with Crippen LogP contribution in [0.5, 0.6) is 0 Å². The molecular formula is C12H23N3OS. The third-order valence-electron chi connectivity index (χ3n) is 2.81. The molecule has 1 unspecified atom stereocenters. The normalized spacial score (nSPS) is 12.8. The minimum absolute atomic E-state index is 0.325. The number of nitrogens with two attached hydrogens (primary N) is 1. The molecule has 0 aliphatic rings. The van der Waals surface area contributed by atoms with Gasteiger partial charge in [0, 0.05) is 25.6 Å². The monoisotopic (exact) mass is 257 g/mol. The molecule has 0 saturated carbocycles. The lowest BCUT2D eigenvalue weighted by Gasteiger charge is -2.23. The molecule has 0 aliphatic heterocycles. The highest BCUT2D eigenvalue weighted by molar-refractivity contribution is 7.15. The third-order valence-corrected chi connectivity index (χ3v) is 4.02. The maximum absolute atomic E-state index is 5.76. The summed E-state index contributed by atoms with van der Waals surface area (Å²) >= 11 is 1.70. The van der Waals surface area contributed by atoms with Crippen molar-refractivity contribution in [3.05, 3.63) is 10.6 Å². The average Bonchev–Trinajstić information content (AvgIpc) is 2.72. The van der Waals surface area contributed by atoms with E-state index in [1.165, 1.54) is 4.88 Å². The molecule has 0 bridgehead atoms. The zero-order valence-corrected chi connectivity index (χ0v) is 12.0. The van der Waals surface area contributed by atoms with Crippen LogP contribution < -0.4 is 10.6 Å². The Morgan fingerprint density at radius 2 is 2.24 bits per heavy atom. The fourth-order valence-corrected chi connectivity index (χ4v) is 2.70. The third kappa shape index (κ3) is 3.66. The molecule has 0 amide bonds. The van der Waals surface area contributed by atoms with Crippen molar-refractivity contribution >= 4 is 16.5 Å². The number of thiazole rings is 1. The number of methoxy groups -OCH3 is 1. The highest BCUT2D eigenvalue weighted by atomic mass is 32.1. The molecule has 0 radical (unpaired) electrons. The number of ether oxygens (including phenoxy) is 1. The number of likely N-dealkylation sites (N-methyl/N-ethyl adjacent to an activating group) is 1. The molecule has 0 aromatic carbocycles. The minimum atomic E-state index is 0.325. The molecule has 2 N–H and O–H groups in total. The van der Waals surface area contributed by atoms with Gasteiger partial charge in [-0.05, 0) is 13.3 Å². The summed E-state index contributed by atoms with van der Waals surface area (Å²) in [5, 5.41) is 1.04. The first-order valence-corrected chi connectivity index (χ1v) is 6.86. The highest BCUT2D eigenvalue weighted by Crippen LogP contribution is 2.27. The minimum Gasteiger partial charge on any atom is -0.383 e. The van der Waals surface area contributed by atoms with E-state index in [2.05, 4.69) is 30.8 Å². The van der Waals surface area contributed by atoms with Crippen LogP contribution in [-0.4, -0.2) is 31.8 Å². The fraction of sp³-hybridized carbons (Fsp3) is 0.750. The summed E-state index contributed by atoms with van der Waals surface area (Å²) in [6, 6.07) is 0.325. The predicted octanol–water partition coefficient (Wildman–Crippen LogP) is 2.03. The average molecular weight is 257 g/mol. The second kappa shape index (κ2) is 6.93. The van der Waals surface area contributed by atoms with Crippen LogP contribution in [0, 0.1) is 0 Å².